The lowest BCUT2D eigenvalue weighted by molar-refractivity contribution is -0.117. The molecule has 1 saturated heterocycles. The van der Waals surface area contributed by atoms with Crippen molar-refractivity contribution < 1.29 is 9.21 Å². The number of carbonyl (C=O) groups is 1. The molecule has 0 saturated carbocycles. The molecule has 0 spiro atoms. The number of hydrogen-bond acceptors (Lipinski definition) is 4. The zero-order valence-electron chi connectivity index (χ0n) is 14.1. The third-order valence-corrected chi connectivity index (χ3v) is 4.50. The maximum atomic E-state index is 12.4. The molecule has 1 unspecified atom stereocenters. The van der Waals surface area contributed by atoms with Gasteiger partial charge < -0.3 is 9.32 Å². The Bertz CT molecular complexity index is 889. The normalized spacial score (nSPS) is 17.2. The summed E-state index contributed by atoms with van der Waals surface area (Å²) in [5, 5.41) is 7.96. The van der Waals surface area contributed by atoms with Gasteiger partial charge in [-0.05, 0) is 42.2 Å². The molecule has 0 radical (unpaired) electrons. The van der Waals surface area contributed by atoms with Crippen LogP contribution in [0, 0.1) is 12.8 Å². The molecule has 4 rings (SSSR count). The van der Waals surface area contributed by atoms with E-state index in [0.29, 0.717) is 24.1 Å². The first-order valence-corrected chi connectivity index (χ1v) is 8.44. The molecule has 0 bridgehead atoms. The predicted molar refractivity (Wildman–Crippen MR) is 95.1 cm³/mol. The number of benzene rings is 2. The summed E-state index contributed by atoms with van der Waals surface area (Å²) in [4.78, 5) is 14.2. The van der Waals surface area contributed by atoms with Crippen molar-refractivity contribution in [2.24, 2.45) is 5.92 Å². The van der Waals surface area contributed by atoms with Gasteiger partial charge in [0, 0.05) is 31.1 Å². The molecule has 1 aromatic heterocycles. The summed E-state index contributed by atoms with van der Waals surface area (Å²) in [6, 6.07) is 18.0. The van der Waals surface area contributed by atoms with Crippen LogP contribution in [0.4, 0.5) is 5.69 Å². The molecule has 5 nitrogen and oxygen atoms in total. The fourth-order valence-electron chi connectivity index (χ4n) is 3.35. The number of aryl methyl sites for hydroxylation is 1. The third kappa shape index (κ3) is 3.31. The Morgan fingerprint density at radius 2 is 1.96 bits per heavy atom. The Morgan fingerprint density at radius 1 is 1.12 bits per heavy atom. The highest BCUT2D eigenvalue weighted by Crippen LogP contribution is 2.28. The van der Waals surface area contributed by atoms with E-state index in [1.165, 1.54) is 5.56 Å². The van der Waals surface area contributed by atoms with E-state index < -0.39 is 0 Å². The van der Waals surface area contributed by atoms with Gasteiger partial charge >= 0.3 is 0 Å². The van der Waals surface area contributed by atoms with E-state index in [9.17, 15) is 4.79 Å². The second-order valence-electron chi connectivity index (χ2n) is 6.44. The lowest BCUT2D eigenvalue weighted by atomic mass is 9.97. The molecule has 126 valence electrons. The number of carbonyl (C=O) groups excluding carboxylic acids is 1. The number of rotatable bonds is 4. The highest BCUT2D eigenvalue weighted by molar-refractivity contribution is 5.95. The largest absolute Gasteiger partial charge is 0.421 e. The summed E-state index contributed by atoms with van der Waals surface area (Å²) in [5.74, 6) is 1.60. The maximum absolute atomic E-state index is 12.4. The van der Waals surface area contributed by atoms with Crippen molar-refractivity contribution in [2.45, 2.75) is 19.8 Å². The van der Waals surface area contributed by atoms with Gasteiger partial charge in [-0.3, -0.25) is 4.79 Å². The van der Waals surface area contributed by atoms with E-state index in [0.717, 1.165) is 24.2 Å². The molecule has 1 aliphatic rings. The highest BCUT2D eigenvalue weighted by atomic mass is 16.4. The first kappa shape index (κ1) is 15.6. The lowest BCUT2D eigenvalue weighted by Crippen LogP contribution is -2.24. The van der Waals surface area contributed by atoms with Crippen LogP contribution in [0.1, 0.15) is 17.9 Å². The number of para-hydroxylation sites is 1. The number of amides is 1. The van der Waals surface area contributed by atoms with Gasteiger partial charge in [0.15, 0.2) is 0 Å². The van der Waals surface area contributed by atoms with E-state index in [1.807, 2.05) is 47.4 Å². The Morgan fingerprint density at radius 3 is 2.72 bits per heavy atom. The molecule has 1 amide bonds. The molecule has 1 fully saturated rings. The minimum Gasteiger partial charge on any atom is -0.421 e. The van der Waals surface area contributed by atoms with E-state index in [1.54, 1.807) is 6.92 Å². The van der Waals surface area contributed by atoms with Gasteiger partial charge in [-0.15, -0.1) is 10.2 Å². The zero-order chi connectivity index (χ0) is 17.2. The monoisotopic (exact) mass is 333 g/mol. The maximum Gasteiger partial charge on any atom is 0.247 e. The first-order valence-electron chi connectivity index (χ1n) is 8.44. The SMILES string of the molecule is Cc1nnc(-c2cccc(CC3CC(=O)N(c4ccccc4)C3)c2)o1. The minimum atomic E-state index is 0.194. The van der Waals surface area contributed by atoms with Gasteiger partial charge in [0.2, 0.25) is 17.7 Å². The van der Waals surface area contributed by atoms with Crippen molar-refractivity contribution in [2.75, 3.05) is 11.4 Å². The fraction of sp³-hybridized carbons (Fsp3) is 0.250. The highest BCUT2D eigenvalue weighted by Gasteiger charge is 2.30. The van der Waals surface area contributed by atoms with Crippen LogP contribution in [-0.4, -0.2) is 22.6 Å². The number of aromatic nitrogens is 2. The van der Waals surface area contributed by atoms with Crippen molar-refractivity contribution in [1.82, 2.24) is 10.2 Å². The first-order chi connectivity index (χ1) is 12.2. The smallest absolute Gasteiger partial charge is 0.247 e. The van der Waals surface area contributed by atoms with Gasteiger partial charge in [0.25, 0.3) is 0 Å². The summed E-state index contributed by atoms with van der Waals surface area (Å²) < 4.78 is 5.50. The average molecular weight is 333 g/mol. The molecule has 1 aliphatic heterocycles. The molecule has 5 heteroatoms. The molecule has 2 aromatic carbocycles. The molecule has 0 aliphatic carbocycles. The van der Waals surface area contributed by atoms with Crippen molar-refractivity contribution in [3.8, 4) is 11.5 Å². The van der Waals surface area contributed by atoms with Crippen LogP contribution in [0.3, 0.4) is 0 Å². The van der Waals surface area contributed by atoms with Gasteiger partial charge in [-0.2, -0.15) is 0 Å². The molecular weight excluding hydrogens is 314 g/mol. The van der Waals surface area contributed by atoms with Crippen LogP contribution in [0.5, 0.6) is 0 Å². The van der Waals surface area contributed by atoms with Crippen molar-refractivity contribution in [3.05, 3.63) is 66.1 Å². The average Bonchev–Trinajstić information content (AvgIpc) is 3.22. The van der Waals surface area contributed by atoms with Gasteiger partial charge in [-0.25, -0.2) is 0 Å². The van der Waals surface area contributed by atoms with Crippen LogP contribution in [-0.2, 0) is 11.2 Å². The molecule has 3 aromatic rings. The van der Waals surface area contributed by atoms with Crippen LogP contribution < -0.4 is 4.90 Å². The lowest BCUT2D eigenvalue weighted by Gasteiger charge is -2.16. The second kappa shape index (κ2) is 6.51. The molecule has 25 heavy (non-hydrogen) atoms. The molecule has 1 atom stereocenters. The van der Waals surface area contributed by atoms with Crippen molar-refractivity contribution >= 4 is 11.6 Å². The van der Waals surface area contributed by atoms with Crippen molar-refractivity contribution in [1.29, 1.82) is 0 Å². The number of hydrogen-bond donors (Lipinski definition) is 0. The summed E-state index contributed by atoms with van der Waals surface area (Å²) in [7, 11) is 0. The second-order valence-corrected chi connectivity index (χ2v) is 6.44. The molecule has 0 N–H and O–H groups in total. The third-order valence-electron chi connectivity index (χ3n) is 4.50. The Balaban J connectivity index is 1.49. The number of anilines is 1. The number of nitrogens with zero attached hydrogens (tertiary/aromatic N) is 3. The van der Waals surface area contributed by atoms with E-state index in [2.05, 4.69) is 22.3 Å². The van der Waals surface area contributed by atoms with Gasteiger partial charge in [0.1, 0.15) is 0 Å². The Labute approximate surface area is 146 Å². The summed E-state index contributed by atoms with van der Waals surface area (Å²) >= 11 is 0. The van der Waals surface area contributed by atoms with E-state index >= 15 is 0 Å². The standard InChI is InChI=1S/C20H19N3O2/c1-14-21-22-20(25-14)17-7-5-6-15(11-17)10-16-12-19(24)23(13-16)18-8-3-2-4-9-18/h2-9,11,16H,10,12-13H2,1H3. The molecule has 2 heterocycles. The Kier molecular flexibility index (Phi) is 4.06. The van der Waals surface area contributed by atoms with Crippen LogP contribution in [0.2, 0.25) is 0 Å². The van der Waals surface area contributed by atoms with Crippen LogP contribution >= 0.6 is 0 Å². The van der Waals surface area contributed by atoms with Gasteiger partial charge in [-0.1, -0.05) is 30.3 Å². The summed E-state index contributed by atoms with van der Waals surface area (Å²) in [5.41, 5.74) is 3.08. The van der Waals surface area contributed by atoms with Gasteiger partial charge in [0.05, 0.1) is 0 Å². The van der Waals surface area contributed by atoms with Crippen molar-refractivity contribution in [3.63, 3.8) is 0 Å². The fourth-order valence-corrected chi connectivity index (χ4v) is 3.35. The topological polar surface area (TPSA) is 59.2 Å². The molecular formula is C20H19N3O2. The van der Waals surface area contributed by atoms with E-state index in [4.69, 9.17) is 4.42 Å². The Hall–Kier alpha value is -2.95. The van der Waals surface area contributed by atoms with E-state index in [-0.39, 0.29) is 5.91 Å². The quantitative estimate of drug-likeness (QED) is 0.731. The van der Waals surface area contributed by atoms with Crippen LogP contribution in [0.25, 0.3) is 11.5 Å². The minimum absolute atomic E-state index is 0.194. The van der Waals surface area contributed by atoms with Crippen LogP contribution in [0.15, 0.2) is 59.0 Å². The predicted octanol–water partition coefficient (Wildman–Crippen LogP) is 3.64. The summed E-state index contributed by atoms with van der Waals surface area (Å²) in [6.45, 7) is 2.54. The zero-order valence-corrected chi connectivity index (χ0v) is 14.1. The summed E-state index contributed by atoms with van der Waals surface area (Å²) in [6.07, 6.45) is 1.44.